The molecule has 1 saturated heterocycles. The maximum atomic E-state index is 12.1. The number of thioether (sulfide) groups is 1. The van der Waals surface area contributed by atoms with E-state index >= 15 is 0 Å². The van der Waals surface area contributed by atoms with Crippen LogP contribution in [-0.2, 0) is 14.3 Å². The highest BCUT2D eigenvalue weighted by Gasteiger charge is 2.32. The molecule has 1 aromatic carbocycles. The third-order valence-electron chi connectivity index (χ3n) is 3.22. The summed E-state index contributed by atoms with van der Waals surface area (Å²) in [7, 11) is 0. The molecular formula is C15H17ClN2O4S. The molecule has 0 aromatic heterocycles. The van der Waals surface area contributed by atoms with Gasteiger partial charge in [0.05, 0.1) is 0 Å². The van der Waals surface area contributed by atoms with Gasteiger partial charge in [-0.05, 0) is 38.1 Å². The predicted molar refractivity (Wildman–Crippen MR) is 87.4 cm³/mol. The van der Waals surface area contributed by atoms with Gasteiger partial charge in [0.25, 0.3) is 5.91 Å². The number of esters is 1. The summed E-state index contributed by atoms with van der Waals surface area (Å²) in [5, 5.41) is 2.66. The lowest BCUT2D eigenvalue weighted by atomic mass is 10.3. The molecule has 0 spiro atoms. The zero-order chi connectivity index (χ0) is 17.0. The average Bonchev–Trinajstić information content (AvgIpc) is 2.94. The molecule has 1 aliphatic rings. The molecule has 0 saturated carbocycles. The minimum Gasteiger partial charge on any atom is -0.452 e. The smallest absolute Gasteiger partial charge is 0.324 e. The molecule has 3 amide bonds. The minimum absolute atomic E-state index is 0.286. The average molecular weight is 357 g/mol. The zero-order valence-corrected chi connectivity index (χ0v) is 14.3. The van der Waals surface area contributed by atoms with E-state index in [1.54, 1.807) is 31.2 Å². The lowest BCUT2D eigenvalue weighted by Crippen LogP contribution is -2.42. The summed E-state index contributed by atoms with van der Waals surface area (Å²) < 4.78 is 5.17. The number of rotatable bonds is 5. The molecule has 1 fully saturated rings. The van der Waals surface area contributed by atoms with Gasteiger partial charge in [0.1, 0.15) is 5.25 Å². The van der Waals surface area contributed by atoms with Gasteiger partial charge in [0.2, 0.25) is 0 Å². The maximum Gasteiger partial charge on any atom is 0.324 e. The first-order chi connectivity index (χ1) is 10.9. The topological polar surface area (TPSA) is 75.7 Å². The fraction of sp³-hybridized carbons (Fsp3) is 0.400. The van der Waals surface area contributed by atoms with Crippen molar-refractivity contribution in [3.8, 4) is 0 Å². The van der Waals surface area contributed by atoms with Gasteiger partial charge in [0, 0.05) is 23.0 Å². The van der Waals surface area contributed by atoms with Crippen molar-refractivity contribution in [1.82, 2.24) is 10.2 Å². The number of carbonyl (C=O) groups is 3. The second kappa shape index (κ2) is 7.70. The first-order valence-corrected chi connectivity index (χ1v) is 8.36. The molecule has 23 heavy (non-hydrogen) atoms. The van der Waals surface area contributed by atoms with E-state index in [0.717, 1.165) is 9.80 Å². The van der Waals surface area contributed by atoms with E-state index in [9.17, 15) is 14.4 Å². The number of imide groups is 1. The fourth-order valence-corrected chi connectivity index (χ4v) is 2.97. The quantitative estimate of drug-likeness (QED) is 0.647. The summed E-state index contributed by atoms with van der Waals surface area (Å²) in [6.45, 7) is 3.86. The molecule has 0 unspecified atom stereocenters. The van der Waals surface area contributed by atoms with Crippen molar-refractivity contribution in [1.29, 1.82) is 0 Å². The number of urea groups is 1. The number of halogens is 1. The highest BCUT2D eigenvalue weighted by molar-refractivity contribution is 8.00. The van der Waals surface area contributed by atoms with Gasteiger partial charge >= 0.3 is 12.0 Å². The van der Waals surface area contributed by atoms with Gasteiger partial charge in [-0.25, -0.2) is 4.79 Å². The number of ether oxygens (including phenoxy) is 1. The summed E-state index contributed by atoms with van der Waals surface area (Å²) >= 11 is 7.12. The van der Waals surface area contributed by atoms with E-state index in [-0.39, 0.29) is 6.54 Å². The molecule has 1 N–H and O–H groups in total. The van der Waals surface area contributed by atoms with Crippen LogP contribution < -0.4 is 5.32 Å². The standard InChI is InChI=1S/C15H17ClN2O4S/c1-9(13(19)18-8-7-17-15(18)21)22-14(20)10(2)23-12-5-3-11(16)4-6-12/h3-6,9-10H,7-8H2,1-2H3,(H,17,21)/t9-,10+/m1/s1. The van der Waals surface area contributed by atoms with Crippen molar-refractivity contribution in [3.05, 3.63) is 29.3 Å². The summed E-state index contributed by atoms with van der Waals surface area (Å²) in [6, 6.07) is 6.63. The molecule has 2 atom stereocenters. The van der Waals surface area contributed by atoms with Crippen LogP contribution in [0.5, 0.6) is 0 Å². The van der Waals surface area contributed by atoms with Crippen LogP contribution in [-0.4, -0.2) is 47.3 Å². The van der Waals surface area contributed by atoms with Crippen molar-refractivity contribution in [2.24, 2.45) is 0 Å². The molecule has 6 nitrogen and oxygen atoms in total. The van der Waals surface area contributed by atoms with Gasteiger partial charge in [0.15, 0.2) is 6.10 Å². The Balaban J connectivity index is 1.88. The van der Waals surface area contributed by atoms with Gasteiger partial charge in [-0.3, -0.25) is 14.5 Å². The largest absolute Gasteiger partial charge is 0.452 e. The van der Waals surface area contributed by atoms with Crippen LogP contribution in [0.25, 0.3) is 0 Å². The fourth-order valence-electron chi connectivity index (χ4n) is 1.99. The van der Waals surface area contributed by atoms with Gasteiger partial charge in [-0.15, -0.1) is 11.8 Å². The molecule has 1 aliphatic heterocycles. The number of amides is 3. The van der Waals surface area contributed by atoms with E-state index in [4.69, 9.17) is 16.3 Å². The molecule has 0 radical (unpaired) electrons. The third-order valence-corrected chi connectivity index (χ3v) is 4.56. The molecule has 2 rings (SSSR count). The number of benzene rings is 1. The van der Waals surface area contributed by atoms with Crippen LogP contribution in [0.15, 0.2) is 29.2 Å². The Bertz CT molecular complexity index is 608. The van der Waals surface area contributed by atoms with Gasteiger partial charge in [-0.1, -0.05) is 11.6 Å². The molecule has 0 aliphatic carbocycles. The number of carbonyl (C=O) groups excluding carboxylic acids is 3. The van der Waals surface area contributed by atoms with Crippen LogP contribution in [0, 0.1) is 0 Å². The molecule has 124 valence electrons. The van der Waals surface area contributed by atoms with Crippen LogP contribution in [0.3, 0.4) is 0 Å². The Kier molecular flexibility index (Phi) is 5.90. The predicted octanol–water partition coefficient (Wildman–Crippen LogP) is 2.30. The monoisotopic (exact) mass is 356 g/mol. The van der Waals surface area contributed by atoms with Gasteiger partial charge < -0.3 is 10.1 Å². The summed E-state index contributed by atoms with van der Waals surface area (Å²) in [6.07, 6.45) is -1.00. The molecular weight excluding hydrogens is 340 g/mol. The van der Waals surface area contributed by atoms with Crippen molar-refractivity contribution >= 4 is 41.3 Å². The van der Waals surface area contributed by atoms with Crippen molar-refractivity contribution in [3.63, 3.8) is 0 Å². The highest BCUT2D eigenvalue weighted by Crippen LogP contribution is 2.25. The van der Waals surface area contributed by atoms with Crippen LogP contribution in [0.1, 0.15) is 13.8 Å². The lowest BCUT2D eigenvalue weighted by molar-refractivity contribution is -0.156. The number of hydrogen-bond donors (Lipinski definition) is 1. The van der Waals surface area contributed by atoms with E-state index in [0.29, 0.717) is 11.6 Å². The van der Waals surface area contributed by atoms with E-state index in [1.165, 1.54) is 18.7 Å². The Morgan fingerprint density at radius 1 is 1.30 bits per heavy atom. The van der Waals surface area contributed by atoms with E-state index in [1.807, 2.05) is 0 Å². The van der Waals surface area contributed by atoms with Gasteiger partial charge in [-0.2, -0.15) is 0 Å². The maximum absolute atomic E-state index is 12.1. The van der Waals surface area contributed by atoms with Crippen molar-refractivity contribution < 1.29 is 19.1 Å². The Hall–Kier alpha value is -1.73. The van der Waals surface area contributed by atoms with E-state index in [2.05, 4.69) is 5.32 Å². The third kappa shape index (κ3) is 4.62. The van der Waals surface area contributed by atoms with Crippen LogP contribution in [0.4, 0.5) is 4.79 Å². The minimum atomic E-state index is -1.00. The Labute approximate surface area is 143 Å². The molecule has 8 heteroatoms. The van der Waals surface area contributed by atoms with E-state index < -0.39 is 29.3 Å². The van der Waals surface area contributed by atoms with Crippen LogP contribution in [0.2, 0.25) is 5.02 Å². The first kappa shape index (κ1) is 17.6. The zero-order valence-electron chi connectivity index (χ0n) is 12.7. The Morgan fingerprint density at radius 2 is 1.96 bits per heavy atom. The molecule has 1 aromatic rings. The number of nitrogens with zero attached hydrogens (tertiary/aromatic N) is 1. The van der Waals surface area contributed by atoms with Crippen LogP contribution >= 0.6 is 23.4 Å². The van der Waals surface area contributed by atoms with Crippen molar-refractivity contribution in [2.75, 3.05) is 13.1 Å². The first-order valence-electron chi connectivity index (χ1n) is 7.10. The summed E-state index contributed by atoms with van der Waals surface area (Å²) in [5.74, 6) is -1.03. The number of hydrogen-bond acceptors (Lipinski definition) is 5. The second-order valence-electron chi connectivity index (χ2n) is 5.01. The molecule has 0 bridgehead atoms. The molecule has 1 heterocycles. The normalized spacial score (nSPS) is 16.7. The summed E-state index contributed by atoms with van der Waals surface area (Å²) in [5.41, 5.74) is 0. The highest BCUT2D eigenvalue weighted by atomic mass is 35.5. The second-order valence-corrected chi connectivity index (χ2v) is 6.87. The Morgan fingerprint density at radius 3 is 2.52 bits per heavy atom. The van der Waals surface area contributed by atoms with Crippen molar-refractivity contribution in [2.45, 2.75) is 30.1 Å². The SMILES string of the molecule is C[C@H](Sc1ccc(Cl)cc1)C(=O)O[C@H](C)C(=O)N1CCNC1=O. The number of nitrogens with one attached hydrogen (secondary N) is 1. The summed E-state index contributed by atoms with van der Waals surface area (Å²) in [4.78, 5) is 37.5. The lowest BCUT2D eigenvalue weighted by Gasteiger charge is -2.19.